The Kier molecular flexibility index (Phi) is 7.05. The first-order valence-electron chi connectivity index (χ1n) is 11.3. The fourth-order valence-corrected chi connectivity index (χ4v) is 5.82. The molecule has 1 saturated heterocycles. The highest BCUT2D eigenvalue weighted by atomic mass is 32.2. The number of sulfonamides is 1. The van der Waals surface area contributed by atoms with E-state index in [1.165, 1.54) is 5.69 Å². The summed E-state index contributed by atoms with van der Waals surface area (Å²) in [5, 5.41) is 0. The van der Waals surface area contributed by atoms with Crippen LogP contribution in [0.1, 0.15) is 24.5 Å². The van der Waals surface area contributed by atoms with E-state index >= 15 is 0 Å². The Labute approximate surface area is 196 Å². The molecule has 2 aromatic rings. The van der Waals surface area contributed by atoms with Gasteiger partial charge >= 0.3 is 0 Å². The molecule has 2 aliphatic rings. The number of anilines is 1. The predicted octanol–water partition coefficient (Wildman–Crippen LogP) is 3.28. The zero-order valence-corrected chi connectivity index (χ0v) is 20.4. The number of methoxy groups -OCH3 is 1. The van der Waals surface area contributed by atoms with Crippen molar-refractivity contribution in [2.24, 2.45) is 4.99 Å². The third-order valence-electron chi connectivity index (χ3n) is 6.22. The molecule has 0 bridgehead atoms. The van der Waals surface area contributed by atoms with Gasteiger partial charge in [-0.15, -0.1) is 0 Å². The second kappa shape index (κ2) is 9.97. The van der Waals surface area contributed by atoms with E-state index in [9.17, 15) is 8.42 Å². The molecule has 7 nitrogen and oxygen atoms in total. The van der Waals surface area contributed by atoms with Crippen molar-refractivity contribution in [1.29, 1.82) is 0 Å². The normalized spacial score (nSPS) is 19.7. The van der Waals surface area contributed by atoms with Crippen molar-refractivity contribution >= 4 is 26.5 Å². The van der Waals surface area contributed by atoms with Crippen LogP contribution in [0.2, 0.25) is 0 Å². The Morgan fingerprint density at radius 2 is 1.64 bits per heavy atom. The highest BCUT2D eigenvalue weighted by Crippen LogP contribution is 2.30. The van der Waals surface area contributed by atoms with E-state index in [-0.39, 0.29) is 0 Å². The number of hydrogen-bond donors (Lipinski definition) is 1. The molecule has 1 fully saturated rings. The summed E-state index contributed by atoms with van der Waals surface area (Å²) >= 11 is 0. The van der Waals surface area contributed by atoms with Gasteiger partial charge in [0.05, 0.1) is 7.11 Å². The number of benzene rings is 2. The molecule has 1 N–H and O–H groups in total. The van der Waals surface area contributed by atoms with Crippen LogP contribution in [-0.2, 0) is 10.0 Å². The van der Waals surface area contributed by atoms with Crippen LogP contribution in [0.4, 0.5) is 5.69 Å². The highest BCUT2D eigenvalue weighted by molar-refractivity contribution is 8.00. The average molecular weight is 469 g/mol. The van der Waals surface area contributed by atoms with Crippen LogP contribution >= 0.6 is 0 Å². The third-order valence-corrected chi connectivity index (χ3v) is 7.76. The molecule has 4 rings (SSSR count). The molecule has 2 aliphatic heterocycles. The smallest absolute Gasteiger partial charge is 0.264 e. The molecule has 0 aromatic heterocycles. The number of rotatable bonds is 7. The van der Waals surface area contributed by atoms with Gasteiger partial charge < -0.3 is 9.64 Å². The van der Waals surface area contributed by atoms with Gasteiger partial charge in [-0.25, -0.2) is 8.42 Å². The summed E-state index contributed by atoms with van der Waals surface area (Å²) in [6, 6.07) is 15.8. The molecule has 0 amide bonds. The first kappa shape index (κ1) is 23.3. The molecule has 0 aliphatic carbocycles. The van der Waals surface area contributed by atoms with Gasteiger partial charge in [0.15, 0.2) is 0 Å². The molecule has 8 heteroatoms. The summed E-state index contributed by atoms with van der Waals surface area (Å²) in [6.45, 7) is 9.34. The van der Waals surface area contributed by atoms with Crippen molar-refractivity contribution in [3.05, 3.63) is 65.2 Å². The van der Waals surface area contributed by atoms with Crippen molar-refractivity contribution in [2.45, 2.75) is 20.3 Å². The van der Waals surface area contributed by atoms with E-state index in [1.807, 2.05) is 50.2 Å². The van der Waals surface area contributed by atoms with Gasteiger partial charge in [0.2, 0.25) is 0 Å². The third kappa shape index (κ3) is 5.39. The molecular formula is C25H32N4O3S. The molecule has 2 heterocycles. The number of hydrogen-bond acceptors (Lipinski definition) is 6. The number of piperazine rings is 1. The minimum atomic E-state index is -3.57. The van der Waals surface area contributed by atoms with Gasteiger partial charge in [0.1, 0.15) is 16.5 Å². The van der Waals surface area contributed by atoms with Crippen molar-refractivity contribution in [1.82, 2.24) is 9.62 Å². The molecule has 0 unspecified atom stereocenters. The fraction of sp³-hybridized carbons (Fsp3) is 0.400. The highest BCUT2D eigenvalue weighted by Gasteiger charge is 2.32. The van der Waals surface area contributed by atoms with Crippen molar-refractivity contribution in [3.63, 3.8) is 0 Å². The summed E-state index contributed by atoms with van der Waals surface area (Å²) in [7, 11) is -1.89. The number of aliphatic imine (C=N–C) groups is 1. The SMILES string of the molecule is COc1ccc(N2CCN(CCCN=C3NS(=O)(=O)C(c4ccc(C)cc4)=C3C)CC2)cc1. The summed E-state index contributed by atoms with van der Waals surface area (Å²) in [6.07, 6.45) is 0.890. The van der Waals surface area contributed by atoms with Crippen LogP contribution in [0, 0.1) is 6.92 Å². The van der Waals surface area contributed by atoms with Gasteiger partial charge in [-0.1, -0.05) is 29.8 Å². The number of ether oxygens (including phenoxy) is 1. The lowest BCUT2D eigenvalue weighted by molar-refractivity contribution is 0.256. The van der Waals surface area contributed by atoms with Crippen LogP contribution < -0.4 is 14.4 Å². The number of nitrogens with zero attached hydrogens (tertiary/aromatic N) is 3. The quantitative estimate of drug-likeness (QED) is 0.632. The van der Waals surface area contributed by atoms with Gasteiger partial charge in [0.25, 0.3) is 10.0 Å². The van der Waals surface area contributed by atoms with E-state index in [1.54, 1.807) is 7.11 Å². The molecule has 0 atom stereocenters. The first-order valence-corrected chi connectivity index (χ1v) is 12.8. The van der Waals surface area contributed by atoms with E-state index in [4.69, 9.17) is 4.74 Å². The van der Waals surface area contributed by atoms with E-state index in [0.29, 0.717) is 28.4 Å². The second-order valence-corrected chi connectivity index (χ2v) is 10.2. The van der Waals surface area contributed by atoms with Crippen LogP contribution in [0.3, 0.4) is 0 Å². The summed E-state index contributed by atoms with van der Waals surface area (Å²) in [5.74, 6) is 1.34. The monoisotopic (exact) mass is 468 g/mol. The predicted molar refractivity (Wildman–Crippen MR) is 134 cm³/mol. The second-order valence-electron chi connectivity index (χ2n) is 8.54. The zero-order chi connectivity index (χ0) is 23.4. The Hall–Kier alpha value is -2.84. The Morgan fingerprint density at radius 3 is 2.27 bits per heavy atom. The molecule has 0 radical (unpaired) electrons. The van der Waals surface area contributed by atoms with Crippen molar-refractivity contribution in [3.8, 4) is 5.75 Å². The van der Waals surface area contributed by atoms with Crippen LogP contribution in [-0.4, -0.2) is 65.5 Å². The number of amidine groups is 1. The van der Waals surface area contributed by atoms with Gasteiger partial charge in [-0.05, 0) is 50.1 Å². The molecule has 0 saturated carbocycles. The molecular weight excluding hydrogens is 436 g/mol. The van der Waals surface area contributed by atoms with Gasteiger partial charge in [0, 0.05) is 50.5 Å². The Bertz CT molecular complexity index is 1130. The largest absolute Gasteiger partial charge is 0.497 e. The standard InChI is InChI=1S/C25H32N4O3S/c1-19-5-7-21(8-6-19)24-20(2)25(27-33(24,30)31)26-13-4-14-28-15-17-29(18-16-28)22-9-11-23(32-3)12-10-22/h5-12H,4,13-18H2,1-3H3,(H,26,27). The summed E-state index contributed by atoms with van der Waals surface area (Å²) < 4.78 is 33.2. The lowest BCUT2D eigenvalue weighted by Crippen LogP contribution is -2.46. The average Bonchev–Trinajstić information content (AvgIpc) is 3.05. The summed E-state index contributed by atoms with van der Waals surface area (Å²) in [4.78, 5) is 9.74. The van der Waals surface area contributed by atoms with Crippen molar-refractivity contribution in [2.75, 3.05) is 51.3 Å². The Balaban J connectivity index is 1.29. The lowest BCUT2D eigenvalue weighted by Gasteiger charge is -2.36. The van der Waals surface area contributed by atoms with E-state index in [0.717, 1.165) is 50.5 Å². The van der Waals surface area contributed by atoms with Crippen LogP contribution in [0.25, 0.3) is 4.91 Å². The minimum absolute atomic E-state index is 0.330. The lowest BCUT2D eigenvalue weighted by atomic mass is 10.1. The maximum Gasteiger partial charge on any atom is 0.264 e. The Morgan fingerprint density at radius 1 is 0.970 bits per heavy atom. The first-order chi connectivity index (χ1) is 15.9. The van der Waals surface area contributed by atoms with Crippen LogP contribution in [0.5, 0.6) is 5.75 Å². The number of aryl methyl sites for hydroxylation is 1. The number of nitrogens with one attached hydrogen (secondary N) is 1. The van der Waals surface area contributed by atoms with Gasteiger partial charge in [-0.2, -0.15) is 0 Å². The van der Waals surface area contributed by atoms with Crippen LogP contribution in [0.15, 0.2) is 59.1 Å². The minimum Gasteiger partial charge on any atom is -0.497 e. The zero-order valence-electron chi connectivity index (χ0n) is 19.5. The van der Waals surface area contributed by atoms with E-state index in [2.05, 4.69) is 31.6 Å². The fourth-order valence-electron chi connectivity index (χ4n) is 4.30. The molecule has 176 valence electrons. The molecule has 33 heavy (non-hydrogen) atoms. The van der Waals surface area contributed by atoms with Gasteiger partial charge in [-0.3, -0.25) is 14.6 Å². The maximum atomic E-state index is 12.7. The summed E-state index contributed by atoms with van der Waals surface area (Å²) in [5.41, 5.74) is 3.71. The molecule has 2 aromatic carbocycles. The molecule has 0 spiro atoms. The maximum absolute atomic E-state index is 12.7. The van der Waals surface area contributed by atoms with E-state index < -0.39 is 10.0 Å². The topological polar surface area (TPSA) is 74.2 Å². The van der Waals surface area contributed by atoms with Crippen molar-refractivity contribution < 1.29 is 13.2 Å².